The molecule has 0 N–H and O–H groups in total. The van der Waals surface area contributed by atoms with Gasteiger partial charge < -0.3 is 4.74 Å². The van der Waals surface area contributed by atoms with Crippen LogP contribution in [0.1, 0.15) is 24.8 Å². The van der Waals surface area contributed by atoms with E-state index in [-0.39, 0.29) is 0 Å². The Balaban J connectivity index is 2.24. The van der Waals surface area contributed by atoms with Crippen LogP contribution in [0.5, 0.6) is 5.75 Å². The van der Waals surface area contributed by atoms with Crippen molar-refractivity contribution in [1.29, 1.82) is 5.26 Å². The Labute approximate surface area is 105 Å². The van der Waals surface area contributed by atoms with Crippen LogP contribution in [-0.4, -0.2) is 11.9 Å². The first-order chi connectivity index (χ1) is 7.86. The molecule has 0 fully saturated rings. The van der Waals surface area contributed by atoms with Crippen molar-refractivity contribution in [1.82, 2.24) is 0 Å². The van der Waals surface area contributed by atoms with Gasteiger partial charge in [-0.15, -0.1) is 0 Å². The number of hydrogen-bond donors (Lipinski definition) is 0. The van der Waals surface area contributed by atoms with Crippen LogP contribution in [0.4, 0.5) is 0 Å². The summed E-state index contributed by atoms with van der Waals surface area (Å²) < 4.78 is 5.59. The van der Waals surface area contributed by atoms with Crippen molar-refractivity contribution >= 4 is 15.9 Å². The zero-order valence-corrected chi connectivity index (χ0v) is 10.9. The van der Waals surface area contributed by atoms with Gasteiger partial charge in [0.2, 0.25) is 0 Å². The fourth-order valence-corrected chi connectivity index (χ4v) is 1.75. The summed E-state index contributed by atoms with van der Waals surface area (Å²) in [4.78, 5) is 0. The first-order valence-corrected chi connectivity index (χ1v) is 6.63. The minimum absolute atomic E-state index is 0.464. The zero-order valence-electron chi connectivity index (χ0n) is 9.29. The molecular formula is C13H16BrNO. The Morgan fingerprint density at radius 3 is 2.50 bits per heavy atom. The highest BCUT2D eigenvalue weighted by molar-refractivity contribution is 9.09. The topological polar surface area (TPSA) is 33.0 Å². The Kier molecular flexibility index (Phi) is 6.67. The summed E-state index contributed by atoms with van der Waals surface area (Å²) in [6, 6.07) is 9.86. The lowest BCUT2D eigenvalue weighted by Gasteiger charge is -2.05. The first-order valence-electron chi connectivity index (χ1n) is 5.51. The Morgan fingerprint density at radius 1 is 1.12 bits per heavy atom. The Bertz CT molecular complexity index is 329. The van der Waals surface area contributed by atoms with Gasteiger partial charge in [0, 0.05) is 5.33 Å². The summed E-state index contributed by atoms with van der Waals surface area (Å²) in [6.07, 6.45) is 3.94. The minimum atomic E-state index is 0.464. The third-order valence-electron chi connectivity index (χ3n) is 2.25. The molecule has 0 radical (unpaired) electrons. The van der Waals surface area contributed by atoms with Gasteiger partial charge in [-0.1, -0.05) is 28.1 Å². The van der Waals surface area contributed by atoms with E-state index in [2.05, 4.69) is 22.0 Å². The minimum Gasteiger partial charge on any atom is -0.494 e. The van der Waals surface area contributed by atoms with Crippen molar-refractivity contribution in [3.63, 3.8) is 0 Å². The van der Waals surface area contributed by atoms with Crippen LogP contribution in [-0.2, 0) is 6.42 Å². The SMILES string of the molecule is N#CCc1ccc(OCCCCCBr)cc1. The Hall–Kier alpha value is -1.01. The van der Waals surface area contributed by atoms with E-state index < -0.39 is 0 Å². The van der Waals surface area contributed by atoms with Crippen molar-refractivity contribution in [3.8, 4) is 11.8 Å². The molecule has 0 aromatic heterocycles. The molecule has 1 aromatic rings. The van der Waals surface area contributed by atoms with Gasteiger partial charge >= 0.3 is 0 Å². The molecule has 0 saturated heterocycles. The van der Waals surface area contributed by atoms with E-state index in [1.165, 1.54) is 12.8 Å². The molecule has 0 unspecified atom stereocenters. The van der Waals surface area contributed by atoms with Crippen LogP contribution in [0.25, 0.3) is 0 Å². The lowest BCUT2D eigenvalue weighted by molar-refractivity contribution is 0.306. The number of halogens is 1. The molecule has 0 bridgehead atoms. The third-order valence-corrected chi connectivity index (χ3v) is 2.81. The predicted molar refractivity (Wildman–Crippen MR) is 68.9 cm³/mol. The van der Waals surface area contributed by atoms with E-state index in [0.29, 0.717) is 6.42 Å². The highest BCUT2D eigenvalue weighted by atomic mass is 79.9. The molecule has 0 heterocycles. The molecule has 0 spiro atoms. The van der Waals surface area contributed by atoms with Gasteiger partial charge in [-0.25, -0.2) is 0 Å². The molecular weight excluding hydrogens is 266 g/mol. The molecule has 0 atom stereocenters. The fourth-order valence-electron chi connectivity index (χ4n) is 1.36. The first kappa shape index (κ1) is 13.1. The summed E-state index contributed by atoms with van der Waals surface area (Å²) in [5.74, 6) is 0.889. The second-order valence-corrected chi connectivity index (χ2v) is 4.37. The normalized spacial score (nSPS) is 9.75. The number of benzene rings is 1. The Morgan fingerprint density at radius 2 is 1.88 bits per heavy atom. The molecule has 86 valence electrons. The summed E-state index contributed by atoms with van der Waals surface area (Å²) in [7, 11) is 0. The maximum absolute atomic E-state index is 8.53. The average Bonchev–Trinajstić information content (AvgIpc) is 2.31. The predicted octanol–water partition coefficient (Wildman–Crippen LogP) is 3.70. The molecule has 2 nitrogen and oxygen atoms in total. The number of nitriles is 1. The van der Waals surface area contributed by atoms with Crippen molar-refractivity contribution in [2.75, 3.05) is 11.9 Å². The number of unbranched alkanes of at least 4 members (excludes halogenated alkanes) is 2. The lowest BCUT2D eigenvalue weighted by Crippen LogP contribution is -1.97. The number of rotatable bonds is 7. The van der Waals surface area contributed by atoms with Gasteiger partial charge in [0.1, 0.15) is 5.75 Å². The summed E-state index contributed by atoms with van der Waals surface area (Å²) >= 11 is 3.40. The van der Waals surface area contributed by atoms with Gasteiger partial charge in [0.15, 0.2) is 0 Å². The van der Waals surface area contributed by atoms with Crippen LogP contribution in [0.3, 0.4) is 0 Å². The van der Waals surface area contributed by atoms with Crippen molar-refractivity contribution in [2.45, 2.75) is 25.7 Å². The van der Waals surface area contributed by atoms with Crippen LogP contribution < -0.4 is 4.74 Å². The van der Waals surface area contributed by atoms with Crippen molar-refractivity contribution in [2.24, 2.45) is 0 Å². The van der Waals surface area contributed by atoms with Gasteiger partial charge in [-0.3, -0.25) is 0 Å². The maximum atomic E-state index is 8.53. The molecule has 0 aliphatic carbocycles. The zero-order chi connectivity index (χ0) is 11.6. The maximum Gasteiger partial charge on any atom is 0.119 e. The summed E-state index contributed by atoms with van der Waals surface area (Å²) in [5.41, 5.74) is 1.04. The molecule has 3 heteroatoms. The molecule has 0 amide bonds. The third kappa shape index (κ3) is 5.18. The molecule has 0 aliphatic heterocycles. The standard InChI is InChI=1S/C13H16BrNO/c14-9-2-1-3-11-16-13-6-4-12(5-7-13)8-10-15/h4-7H,1-3,8-9,11H2. The van der Waals surface area contributed by atoms with Gasteiger partial charge in [-0.05, 0) is 37.0 Å². The van der Waals surface area contributed by atoms with E-state index in [0.717, 1.165) is 29.7 Å². The molecule has 0 saturated carbocycles. The van der Waals surface area contributed by atoms with Crippen LogP contribution >= 0.6 is 15.9 Å². The van der Waals surface area contributed by atoms with Crippen molar-refractivity contribution < 1.29 is 4.74 Å². The monoisotopic (exact) mass is 281 g/mol. The van der Waals surface area contributed by atoms with E-state index in [9.17, 15) is 0 Å². The fraction of sp³-hybridized carbons (Fsp3) is 0.462. The van der Waals surface area contributed by atoms with Crippen LogP contribution in [0.15, 0.2) is 24.3 Å². The quantitative estimate of drug-likeness (QED) is 0.564. The van der Waals surface area contributed by atoms with Gasteiger partial charge in [0.25, 0.3) is 0 Å². The summed E-state index contributed by atoms with van der Waals surface area (Å²) in [5, 5.41) is 9.59. The number of hydrogen-bond acceptors (Lipinski definition) is 2. The van der Waals surface area contributed by atoms with Crippen LogP contribution in [0.2, 0.25) is 0 Å². The largest absolute Gasteiger partial charge is 0.494 e. The second kappa shape index (κ2) is 8.18. The highest BCUT2D eigenvalue weighted by Gasteiger charge is 1.95. The second-order valence-electron chi connectivity index (χ2n) is 3.58. The van der Waals surface area contributed by atoms with Gasteiger partial charge in [-0.2, -0.15) is 5.26 Å². The van der Waals surface area contributed by atoms with Gasteiger partial charge in [0.05, 0.1) is 19.1 Å². The van der Waals surface area contributed by atoms with E-state index in [1.807, 2.05) is 24.3 Å². The van der Waals surface area contributed by atoms with E-state index in [1.54, 1.807) is 0 Å². The lowest BCUT2D eigenvalue weighted by atomic mass is 10.2. The molecule has 0 aliphatic rings. The number of ether oxygens (including phenoxy) is 1. The van der Waals surface area contributed by atoms with E-state index in [4.69, 9.17) is 10.00 Å². The number of alkyl halides is 1. The van der Waals surface area contributed by atoms with Crippen LogP contribution in [0, 0.1) is 11.3 Å². The number of nitrogens with zero attached hydrogens (tertiary/aromatic N) is 1. The van der Waals surface area contributed by atoms with E-state index >= 15 is 0 Å². The summed E-state index contributed by atoms with van der Waals surface area (Å²) in [6.45, 7) is 0.768. The molecule has 1 aromatic carbocycles. The molecule has 16 heavy (non-hydrogen) atoms. The smallest absolute Gasteiger partial charge is 0.119 e. The molecule has 1 rings (SSSR count). The highest BCUT2D eigenvalue weighted by Crippen LogP contribution is 2.13. The average molecular weight is 282 g/mol. The van der Waals surface area contributed by atoms with Crippen molar-refractivity contribution in [3.05, 3.63) is 29.8 Å².